The van der Waals surface area contributed by atoms with Crippen LogP contribution in [-0.4, -0.2) is 62.6 Å². The van der Waals surface area contributed by atoms with Crippen LogP contribution in [0.2, 0.25) is 0 Å². The van der Waals surface area contributed by atoms with Crippen LogP contribution >= 0.6 is 11.3 Å². The summed E-state index contributed by atoms with van der Waals surface area (Å²) in [4.78, 5) is 20.2. The summed E-state index contributed by atoms with van der Waals surface area (Å²) in [7, 11) is 3.59. The van der Waals surface area contributed by atoms with E-state index in [1.54, 1.807) is 18.4 Å². The summed E-state index contributed by atoms with van der Waals surface area (Å²) in [5, 5.41) is 2.08. The largest absolute Gasteiger partial charge is 0.497 e. The lowest BCUT2D eigenvalue weighted by Crippen LogP contribution is -2.49. The quantitative estimate of drug-likeness (QED) is 0.780. The highest BCUT2D eigenvalue weighted by Crippen LogP contribution is 2.22. The number of nitrogens with zero attached hydrogens (tertiary/aromatic N) is 3. The molecule has 0 atom stereocenters. The lowest BCUT2D eigenvalue weighted by atomic mass is 10.2. The number of hydrogen-bond acceptors (Lipinski definition) is 5. The minimum Gasteiger partial charge on any atom is -0.497 e. The van der Waals surface area contributed by atoms with Gasteiger partial charge in [0.05, 0.1) is 20.2 Å². The maximum Gasteiger partial charge on any atom is 0.236 e. The standard InChI is InChI=1S/C20H27N3O2S/c1-16-7-12-26-19(16)14-21(2)20(24)15-22-8-10-23(11-9-22)17-5-4-6-18(13-17)25-3/h4-7,12-13H,8-11,14-15H2,1-3H3. The monoisotopic (exact) mass is 373 g/mol. The van der Waals surface area contributed by atoms with Crippen LogP contribution in [0.4, 0.5) is 5.69 Å². The summed E-state index contributed by atoms with van der Waals surface area (Å²) in [5.74, 6) is 1.07. The molecule has 1 aromatic carbocycles. The Balaban J connectivity index is 1.48. The fourth-order valence-corrected chi connectivity index (χ4v) is 4.11. The maximum absolute atomic E-state index is 12.5. The minimum absolute atomic E-state index is 0.188. The van der Waals surface area contributed by atoms with Crippen molar-refractivity contribution in [2.24, 2.45) is 0 Å². The molecule has 1 aliphatic rings. The number of thiophene rings is 1. The Bertz CT molecular complexity index is 738. The van der Waals surface area contributed by atoms with Crippen molar-refractivity contribution in [3.05, 3.63) is 46.2 Å². The van der Waals surface area contributed by atoms with Gasteiger partial charge >= 0.3 is 0 Å². The Kier molecular flexibility index (Phi) is 6.16. The number of methoxy groups -OCH3 is 1. The van der Waals surface area contributed by atoms with Gasteiger partial charge in [-0.15, -0.1) is 11.3 Å². The molecule has 2 heterocycles. The molecule has 5 nitrogen and oxygen atoms in total. The zero-order valence-electron chi connectivity index (χ0n) is 15.8. The molecule has 1 saturated heterocycles. The molecule has 1 amide bonds. The summed E-state index contributed by atoms with van der Waals surface area (Å²) in [5.41, 5.74) is 2.45. The molecule has 26 heavy (non-hydrogen) atoms. The number of ether oxygens (including phenoxy) is 1. The van der Waals surface area contributed by atoms with E-state index in [-0.39, 0.29) is 5.91 Å². The van der Waals surface area contributed by atoms with E-state index >= 15 is 0 Å². The molecule has 3 rings (SSSR count). The van der Waals surface area contributed by atoms with Crippen molar-refractivity contribution in [1.29, 1.82) is 0 Å². The van der Waals surface area contributed by atoms with Gasteiger partial charge in [-0.1, -0.05) is 6.07 Å². The number of amides is 1. The molecule has 2 aromatic rings. The second kappa shape index (κ2) is 8.56. The van der Waals surface area contributed by atoms with Gasteiger partial charge in [-0.25, -0.2) is 0 Å². The van der Waals surface area contributed by atoms with Gasteiger partial charge in [0, 0.05) is 49.9 Å². The van der Waals surface area contributed by atoms with Crippen LogP contribution < -0.4 is 9.64 Å². The molecule has 6 heteroatoms. The van der Waals surface area contributed by atoms with Crippen LogP contribution in [0.15, 0.2) is 35.7 Å². The fraction of sp³-hybridized carbons (Fsp3) is 0.450. The van der Waals surface area contributed by atoms with Crippen LogP contribution in [0.3, 0.4) is 0 Å². The van der Waals surface area contributed by atoms with E-state index < -0.39 is 0 Å². The van der Waals surface area contributed by atoms with Crippen LogP contribution in [-0.2, 0) is 11.3 Å². The van der Waals surface area contributed by atoms with E-state index in [9.17, 15) is 4.79 Å². The van der Waals surface area contributed by atoms with Crippen molar-refractivity contribution < 1.29 is 9.53 Å². The lowest BCUT2D eigenvalue weighted by molar-refractivity contribution is -0.131. The number of likely N-dealkylation sites (N-methyl/N-ethyl adjacent to an activating group) is 1. The number of rotatable bonds is 6. The fourth-order valence-electron chi connectivity index (χ4n) is 3.15. The third-order valence-electron chi connectivity index (χ3n) is 4.92. The highest BCUT2D eigenvalue weighted by atomic mass is 32.1. The Morgan fingerprint density at radius 2 is 2.00 bits per heavy atom. The third kappa shape index (κ3) is 4.56. The Morgan fingerprint density at radius 3 is 2.65 bits per heavy atom. The average Bonchev–Trinajstić information content (AvgIpc) is 3.07. The number of carbonyl (C=O) groups is 1. The SMILES string of the molecule is COc1cccc(N2CCN(CC(=O)N(C)Cc3sccc3C)CC2)c1. The molecule has 0 aliphatic carbocycles. The first-order chi connectivity index (χ1) is 12.6. The van der Waals surface area contributed by atoms with Gasteiger partial charge < -0.3 is 14.5 Å². The Labute approximate surface area is 159 Å². The van der Waals surface area contributed by atoms with Crippen LogP contribution in [0, 0.1) is 6.92 Å². The number of anilines is 1. The normalized spacial score (nSPS) is 15.1. The summed E-state index contributed by atoms with van der Waals surface area (Å²) < 4.78 is 5.31. The number of piperazine rings is 1. The number of carbonyl (C=O) groups excluding carboxylic acids is 1. The second-order valence-electron chi connectivity index (χ2n) is 6.74. The summed E-state index contributed by atoms with van der Waals surface area (Å²) in [6, 6.07) is 10.3. The maximum atomic E-state index is 12.5. The van der Waals surface area contributed by atoms with Crippen LogP contribution in [0.5, 0.6) is 5.75 Å². The zero-order chi connectivity index (χ0) is 18.5. The summed E-state index contributed by atoms with van der Waals surface area (Å²) in [6.07, 6.45) is 0. The number of hydrogen-bond donors (Lipinski definition) is 0. The first-order valence-corrected chi connectivity index (χ1v) is 9.83. The molecule has 0 unspecified atom stereocenters. The minimum atomic E-state index is 0.188. The topological polar surface area (TPSA) is 36.0 Å². The molecule has 0 spiro atoms. The molecule has 1 aromatic heterocycles. The van der Waals surface area contributed by atoms with E-state index in [0.29, 0.717) is 13.1 Å². The molecule has 140 valence electrons. The van der Waals surface area contributed by atoms with E-state index in [1.165, 1.54) is 16.1 Å². The first kappa shape index (κ1) is 18.7. The molecule has 1 aliphatic heterocycles. The average molecular weight is 374 g/mol. The molecule has 0 saturated carbocycles. The van der Waals surface area contributed by atoms with Gasteiger partial charge in [-0.3, -0.25) is 9.69 Å². The van der Waals surface area contributed by atoms with E-state index in [0.717, 1.165) is 31.9 Å². The van der Waals surface area contributed by atoms with E-state index in [4.69, 9.17) is 4.74 Å². The Hall–Kier alpha value is -2.05. The lowest BCUT2D eigenvalue weighted by Gasteiger charge is -2.36. The van der Waals surface area contributed by atoms with Gasteiger partial charge in [0.2, 0.25) is 5.91 Å². The van der Waals surface area contributed by atoms with Gasteiger partial charge in [0.25, 0.3) is 0 Å². The van der Waals surface area contributed by atoms with E-state index in [2.05, 4.69) is 40.3 Å². The first-order valence-electron chi connectivity index (χ1n) is 8.95. The predicted molar refractivity (Wildman–Crippen MR) is 107 cm³/mol. The number of benzene rings is 1. The summed E-state index contributed by atoms with van der Waals surface area (Å²) in [6.45, 7) is 6.94. The molecular formula is C20H27N3O2S. The predicted octanol–water partition coefficient (Wildman–Crippen LogP) is 2.85. The zero-order valence-corrected chi connectivity index (χ0v) is 16.6. The van der Waals surface area contributed by atoms with Crippen molar-refractivity contribution in [2.75, 3.05) is 51.8 Å². The van der Waals surface area contributed by atoms with Gasteiger partial charge in [0.1, 0.15) is 5.75 Å². The Morgan fingerprint density at radius 1 is 1.23 bits per heavy atom. The van der Waals surface area contributed by atoms with Crippen molar-refractivity contribution >= 4 is 22.9 Å². The summed E-state index contributed by atoms with van der Waals surface area (Å²) >= 11 is 1.72. The smallest absolute Gasteiger partial charge is 0.236 e. The molecule has 1 fully saturated rings. The number of aryl methyl sites for hydroxylation is 1. The van der Waals surface area contributed by atoms with Crippen LogP contribution in [0.1, 0.15) is 10.4 Å². The molecular weight excluding hydrogens is 346 g/mol. The molecule has 0 radical (unpaired) electrons. The molecule has 0 N–H and O–H groups in total. The van der Waals surface area contributed by atoms with E-state index in [1.807, 2.05) is 24.1 Å². The van der Waals surface area contributed by atoms with Crippen molar-refractivity contribution in [1.82, 2.24) is 9.80 Å². The second-order valence-corrected chi connectivity index (χ2v) is 7.74. The highest BCUT2D eigenvalue weighted by Gasteiger charge is 2.21. The van der Waals surface area contributed by atoms with Gasteiger partial charge in [0.15, 0.2) is 0 Å². The van der Waals surface area contributed by atoms with Gasteiger partial charge in [-0.05, 0) is 36.1 Å². The van der Waals surface area contributed by atoms with Crippen molar-refractivity contribution in [3.8, 4) is 5.75 Å². The highest BCUT2D eigenvalue weighted by molar-refractivity contribution is 7.10. The van der Waals surface area contributed by atoms with Crippen LogP contribution in [0.25, 0.3) is 0 Å². The third-order valence-corrected chi connectivity index (χ3v) is 5.93. The molecule has 0 bridgehead atoms. The van der Waals surface area contributed by atoms with Gasteiger partial charge in [-0.2, -0.15) is 0 Å². The van der Waals surface area contributed by atoms with Crippen molar-refractivity contribution in [3.63, 3.8) is 0 Å². The van der Waals surface area contributed by atoms with Crippen molar-refractivity contribution in [2.45, 2.75) is 13.5 Å².